The number of hydrogen-bond donors (Lipinski definition) is 1. The van der Waals surface area contributed by atoms with Crippen molar-refractivity contribution in [3.8, 4) is 28.5 Å². The molecule has 1 aliphatic heterocycles. The van der Waals surface area contributed by atoms with Crippen molar-refractivity contribution in [3.05, 3.63) is 86.0 Å². The van der Waals surface area contributed by atoms with Crippen molar-refractivity contribution in [2.24, 2.45) is 10.1 Å². The number of anilines is 1. The lowest BCUT2D eigenvalue weighted by Crippen LogP contribution is -2.25. The molecule has 212 valence electrons. The number of aromatic nitrogens is 1. The van der Waals surface area contributed by atoms with Gasteiger partial charge >= 0.3 is 0 Å². The molecule has 1 N–H and O–H groups in total. The highest BCUT2D eigenvalue weighted by Crippen LogP contribution is 2.33. The molecule has 0 atom stereocenters. The highest BCUT2D eigenvalue weighted by atomic mass is 35.5. The van der Waals surface area contributed by atoms with E-state index in [-0.39, 0.29) is 19.1 Å². The van der Waals surface area contributed by atoms with Crippen molar-refractivity contribution in [1.29, 1.82) is 0 Å². The van der Waals surface area contributed by atoms with Crippen LogP contribution >= 0.6 is 46.3 Å². The number of thiazole rings is 1. The number of carbonyl (C=O) groups is 1. The van der Waals surface area contributed by atoms with E-state index >= 15 is 0 Å². The quantitative estimate of drug-likeness (QED) is 0.158. The van der Waals surface area contributed by atoms with Gasteiger partial charge in [0.05, 0.1) is 31.3 Å². The maximum Gasteiger partial charge on any atom is 0.262 e. The first-order chi connectivity index (χ1) is 19.9. The van der Waals surface area contributed by atoms with Crippen molar-refractivity contribution in [1.82, 2.24) is 4.68 Å². The molecule has 5 rings (SSSR count). The van der Waals surface area contributed by atoms with E-state index in [0.29, 0.717) is 39.5 Å². The molecule has 0 radical (unpaired) electrons. The normalized spacial score (nSPS) is 13.2. The van der Waals surface area contributed by atoms with Crippen LogP contribution in [0.1, 0.15) is 11.1 Å². The van der Waals surface area contributed by atoms with Gasteiger partial charge in [0.1, 0.15) is 12.4 Å². The Bertz CT molecular complexity index is 1670. The van der Waals surface area contributed by atoms with Crippen LogP contribution in [0.2, 0.25) is 10.0 Å². The summed E-state index contributed by atoms with van der Waals surface area (Å²) < 4.78 is 18.9. The Morgan fingerprint density at radius 2 is 2.02 bits per heavy atom. The van der Waals surface area contributed by atoms with Gasteiger partial charge in [0.15, 0.2) is 18.1 Å². The molecule has 1 aromatic heterocycles. The van der Waals surface area contributed by atoms with Crippen molar-refractivity contribution in [2.75, 3.05) is 37.6 Å². The Morgan fingerprint density at radius 3 is 2.83 bits per heavy atom. The Labute approximate surface area is 255 Å². The zero-order chi connectivity index (χ0) is 28.8. The maximum atomic E-state index is 11.9. The van der Waals surface area contributed by atoms with E-state index in [1.54, 1.807) is 41.9 Å². The molecule has 0 aliphatic carbocycles. The summed E-state index contributed by atoms with van der Waals surface area (Å²) in [4.78, 5) is 17.4. The fraction of sp³-hybridized carbons (Fsp3) is 0.207. The van der Waals surface area contributed by atoms with Crippen LogP contribution in [0.4, 0.5) is 5.69 Å². The highest BCUT2D eigenvalue weighted by Gasteiger charge is 2.18. The number of benzene rings is 3. The molecular weight excluding hydrogens is 603 g/mol. The first-order valence-corrected chi connectivity index (χ1v) is 15.5. The van der Waals surface area contributed by atoms with Gasteiger partial charge < -0.3 is 19.5 Å². The number of ether oxygens (including phenoxy) is 3. The SMILES string of the molecule is COc1cc(/C=N/n2c(-c3ccc4c(c3)NC(=O)CO4)csc2=NCCSC)ccc1OCc1ccc(Cl)cc1Cl. The van der Waals surface area contributed by atoms with Crippen molar-refractivity contribution >= 4 is 64.1 Å². The molecule has 0 saturated carbocycles. The average molecular weight is 630 g/mol. The monoisotopic (exact) mass is 628 g/mol. The lowest BCUT2D eigenvalue weighted by molar-refractivity contribution is -0.118. The minimum absolute atomic E-state index is 0.00965. The number of halogens is 2. The summed E-state index contributed by atoms with van der Waals surface area (Å²) in [7, 11) is 1.59. The zero-order valence-corrected chi connectivity index (χ0v) is 25.4. The molecule has 41 heavy (non-hydrogen) atoms. The number of carbonyl (C=O) groups excluding carboxylic acids is 1. The van der Waals surface area contributed by atoms with Crippen LogP contribution in [0.15, 0.2) is 70.1 Å². The minimum Gasteiger partial charge on any atom is -0.493 e. The molecule has 2 heterocycles. The number of nitrogens with zero attached hydrogens (tertiary/aromatic N) is 3. The van der Waals surface area contributed by atoms with E-state index < -0.39 is 0 Å². The molecule has 0 bridgehead atoms. The maximum absolute atomic E-state index is 11.9. The summed E-state index contributed by atoms with van der Waals surface area (Å²) in [5, 5.41) is 10.8. The number of fused-ring (bicyclic) bond motifs is 1. The zero-order valence-electron chi connectivity index (χ0n) is 22.2. The van der Waals surface area contributed by atoms with Gasteiger partial charge in [-0.3, -0.25) is 9.79 Å². The van der Waals surface area contributed by atoms with Gasteiger partial charge in [-0.2, -0.15) is 16.9 Å². The number of hydrogen-bond acceptors (Lipinski definition) is 8. The number of rotatable bonds is 10. The average Bonchev–Trinajstić information content (AvgIpc) is 3.38. The van der Waals surface area contributed by atoms with Crippen LogP contribution in [0.5, 0.6) is 17.2 Å². The second-order valence-electron chi connectivity index (χ2n) is 8.82. The predicted molar refractivity (Wildman–Crippen MR) is 167 cm³/mol. The summed E-state index contributed by atoms with van der Waals surface area (Å²) in [6, 6.07) is 16.5. The number of thioether (sulfide) groups is 1. The van der Waals surface area contributed by atoms with Crippen LogP contribution < -0.4 is 24.3 Å². The van der Waals surface area contributed by atoms with Crippen LogP contribution in [0, 0.1) is 0 Å². The topological polar surface area (TPSA) is 86.4 Å². The second-order valence-corrected chi connectivity index (χ2v) is 11.5. The molecule has 0 unspecified atom stereocenters. The largest absolute Gasteiger partial charge is 0.493 e. The summed E-state index contributed by atoms with van der Waals surface area (Å²) in [6.45, 7) is 0.943. The predicted octanol–water partition coefficient (Wildman–Crippen LogP) is 6.59. The lowest BCUT2D eigenvalue weighted by Gasteiger charge is -2.18. The van der Waals surface area contributed by atoms with E-state index in [1.807, 2.05) is 47.8 Å². The summed E-state index contributed by atoms with van der Waals surface area (Å²) in [6.07, 6.45) is 3.80. The number of amides is 1. The molecule has 8 nitrogen and oxygen atoms in total. The first-order valence-electron chi connectivity index (χ1n) is 12.5. The van der Waals surface area contributed by atoms with Crippen LogP contribution in [0.3, 0.4) is 0 Å². The molecule has 4 aromatic rings. The Kier molecular flexibility index (Phi) is 9.56. The third-order valence-corrected chi connectivity index (χ3v) is 8.08. The van der Waals surface area contributed by atoms with E-state index in [4.69, 9.17) is 47.5 Å². The van der Waals surface area contributed by atoms with Gasteiger partial charge in [0.2, 0.25) is 4.80 Å². The van der Waals surface area contributed by atoms with Gasteiger partial charge in [-0.1, -0.05) is 29.3 Å². The molecule has 3 aromatic carbocycles. The van der Waals surface area contributed by atoms with E-state index in [1.165, 1.54) is 11.3 Å². The van der Waals surface area contributed by atoms with Gasteiger partial charge in [-0.15, -0.1) is 11.3 Å². The second kappa shape index (κ2) is 13.5. The van der Waals surface area contributed by atoms with Crippen LogP contribution in [-0.2, 0) is 11.4 Å². The smallest absolute Gasteiger partial charge is 0.262 e. The summed E-state index contributed by atoms with van der Waals surface area (Å²) in [5.41, 5.74) is 3.96. The standard InChI is InChI=1S/C29H26Cl2N4O4S2/c1-37-27-11-18(3-7-26(27)38-15-20-4-6-21(30)13-22(20)31)14-33-35-24(17-41-29(35)32-9-10-40-2)19-5-8-25-23(12-19)34-28(36)16-39-25/h3-8,11-14,17H,9-10,15-16H2,1-2H3,(H,34,36)/b32-29?,33-14+. The van der Waals surface area contributed by atoms with Gasteiger partial charge in [0, 0.05) is 32.3 Å². The molecule has 0 saturated heterocycles. The molecule has 1 aliphatic rings. The summed E-state index contributed by atoms with van der Waals surface area (Å²) >= 11 is 15.5. The Balaban J connectivity index is 1.43. The summed E-state index contributed by atoms with van der Waals surface area (Å²) in [5.74, 6) is 2.49. The molecule has 0 spiro atoms. The van der Waals surface area contributed by atoms with E-state index in [2.05, 4.69) is 11.6 Å². The number of nitrogens with one attached hydrogen (secondary N) is 1. The van der Waals surface area contributed by atoms with Gasteiger partial charge in [-0.25, -0.2) is 4.68 Å². The van der Waals surface area contributed by atoms with Gasteiger partial charge in [0.25, 0.3) is 5.91 Å². The fourth-order valence-electron chi connectivity index (χ4n) is 3.99. The Morgan fingerprint density at radius 1 is 1.15 bits per heavy atom. The fourth-order valence-corrected chi connectivity index (χ4v) is 5.60. The van der Waals surface area contributed by atoms with E-state index in [9.17, 15) is 4.79 Å². The van der Waals surface area contributed by atoms with Crippen LogP contribution in [-0.4, -0.2) is 49.1 Å². The van der Waals surface area contributed by atoms with E-state index in [0.717, 1.165) is 32.9 Å². The molecule has 12 heteroatoms. The lowest BCUT2D eigenvalue weighted by atomic mass is 10.1. The minimum atomic E-state index is -0.184. The molecular formula is C29H26Cl2N4O4S2. The van der Waals surface area contributed by atoms with Crippen molar-refractivity contribution in [2.45, 2.75) is 6.61 Å². The molecule has 0 fully saturated rings. The first kappa shape index (κ1) is 29.1. The van der Waals surface area contributed by atoms with Crippen molar-refractivity contribution < 1.29 is 19.0 Å². The molecule has 1 amide bonds. The van der Waals surface area contributed by atoms with Crippen LogP contribution in [0.25, 0.3) is 11.3 Å². The highest BCUT2D eigenvalue weighted by molar-refractivity contribution is 7.98. The van der Waals surface area contributed by atoms with Crippen molar-refractivity contribution in [3.63, 3.8) is 0 Å². The third-order valence-electron chi connectivity index (χ3n) is 6.04. The van der Waals surface area contributed by atoms with Gasteiger partial charge in [-0.05, 0) is 60.4 Å². The Hall–Kier alpha value is -3.44. The third kappa shape index (κ3) is 7.08. The number of methoxy groups -OCH3 is 1.